The Balaban J connectivity index is 2.82. The molecule has 0 heterocycles. The summed E-state index contributed by atoms with van der Waals surface area (Å²) in [6, 6.07) is 6.23. The van der Waals surface area contributed by atoms with Gasteiger partial charge in [-0.25, -0.2) is 4.79 Å². The van der Waals surface area contributed by atoms with E-state index in [1.807, 2.05) is 22.6 Å². The molecular weight excluding hydrogens is 297 g/mol. The molecule has 0 N–H and O–H groups in total. The molecule has 0 saturated carbocycles. The van der Waals surface area contributed by atoms with Crippen LogP contribution in [0.1, 0.15) is 10.4 Å². The Bertz CT molecular complexity index is 371. The van der Waals surface area contributed by atoms with Crippen LogP contribution < -0.4 is 0 Å². The lowest BCUT2D eigenvalue weighted by Gasteiger charge is -2.00. The lowest BCUT2D eigenvalue weighted by atomic mass is 10.2. The Labute approximate surface area is 93.8 Å². The molecule has 1 rings (SSSR count). The number of alkyl halides is 1. The second-order valence-electron chi connectivity index (χ2n) is 2.28. The summed E-state index contributed by atoms with van der Waals surface area (Å²) in [5.41, 5.74) is 9.06. The third-order valence-corrected chi connectivity index (χ3v) is 1.76. The minimum Gasteiger partial charge on any atom is -0.451 e. The summed E-state index contributed by atoms with van der Waals surface area (Å²) in [6.07, 6.45) is 0. The first-order chi connectivity index (χ1) is 6.77. The van der Waals surface area contributed by atoms with Gasteiger partial charge in [0.1, 0.15) is 4.61 Å². The Morgan fingerprint density at radius 3 is 2.64 bits per heavy atom. The van der Waals surface area contributed by atoms with Crippen LogP contribution in [0.4, 0.5) is 5.69 Å². The molecule has 0 aliphatic rings. The van der Waals surface area contributed by atoms with E-state index in [1.54, 1.807) is 24.3 Å². The molecule has 0 aliphatic heterocycles. The summed E-state index contributed by atoms with van der Waals surface area (Å²) < 4.78 is 5.09. The van der Waals surface area contributed by atoms with Crippen molar-refractivity contribution in [2.24, 2.45) is 5.11 Å². The standard InChI is InChI=1S/C8H6IN3O2/c9-5-14-8(13)6-1-3-7(4-2-6)11-12-10/h1-4H,5H2. The highest BCUT2D eigenvalue weighted by molar-refractivity contribution is 14.1. The number of hydrogen-bond acceptors (Lipinski definition) is 3. The van der Waals surface area contributed by atoms with Gasteiger partial charge in [-0.15, -0.1) is 0 Å². The lowest BCUT2D eigenvalue weighted by Crippen LogP contribution is -2.02. The minimum atomic E-state index is -0.383. The fourth-order valence-corrected chi connectivity index (χ4v) is 1.13. The molecule has 5 nitrogen and oxygen atoms in total. The number of benzene rings is 1. The second-order valence-corrected chi connectivity index (χ2v) is 2.90. The van der Waals surface area contributed by atoms with Gasteiger partial charge in [-0.05, 0) is 40.3 Å². The van der Waals surface area contributed by atoms with Crippen molar-refractivity contribution in [2.75, 3.05) is 4.61 Å². The first kappa shape index (κ1) is 10.8. The number of halogens is 1. The summed E-state index contributed by atoms with van der Waals surface area (Å²) >= 11 is 1.94. The number of hydrogen-bond donors (Lipinski definition) is 0. The van der Waals surface area contributed by atoms with Gasteiger partial charge in [0.2, 0.25) is 0 Å². The van der Waals surface area contributed by atoms with Gasteiger partial charge in [0.15, 0.2) is 0 Å². The van der Waals surface area contributed by atoms with Gasteiger partial charge < -0.3 is 4.74 Å². The van der Waals surface area contributed by atoms with E-state index in [0.717, 1.165) is 0 Å². The molecule has 1 aromatic carbocycles. The summed E-state index contributed by atoms with van der Waals surface area (Å²) in [5.74, 6) is -0.383. The Morgan fingerprint density at radius 2 is 2.14 bits per heavy atom. The minimum absolute atomic E-state index is 0.314. The summed E-state index contributed by atoms with van der Waals surface area (Å²) in [4.78, 5) is 13.8. The van der Waals surface area contributed by atoms with E-state index in [1.165, 1.54) is 0 Å². The highest BCUT2D eigenvalue weighted by Gasteiger charge is 2.04. The van der Waals surface area contributed by atoms with Crippen molar-refractivity contribution < 1.29 is 9.53 Å². The maximum atomic E-state index is 11.2. The van der Waals surface area contributed by atoms with Crippen molar-refractivity contribution in [2.45, 2.75) is 0 Å². The number of carbonyl (C=O) groups excluding carboxylic acids is 1. The number of esters is 1. The van der Waals surface area contributed by atoms with Crippen LogP contribution in [0.15, 0.2) is 29.4 Å². The smallest absolute Gasteiger partial charge is 0.338 e. The topological polar surface area (TPSA) is 75.1 Å². The number of rotatable bonds is 3. The molecule has 0 bridgehead atoms. The molecule has 0 unspecified atom stereocenters. The molecule has 0 aromatic heterocycles. The SMILES string of the molecule is [N-]=[N+]=Nc1ccc(C(=O)OCI)cc1. The highest BCUT2D eigenvalue weighted by Crippen LogP contribution is 2.13. The van der Waals surface area contributed by atoms with Gasteiger partial charge in [0.05, 0.1) is 5.56 Å². The number of azide groups is 1. The molecule has 72 valence electrons. The van der Waals surface area contributed by atoms with E-state index in [4.69, 9.17) is 10.3 Å². The Kier molecular flexibility index (Phi) is 4.21. The van der Waals surface area contributed by atoms with E-state index in [2.05, 4.69) is 10.0 Å². The van der Waals surface area contributed by atoms with Gasteiger partial charge in [0.25, 0.3) is 0 Å². The maximum absolute atomic E-state index is 11.2. The predicted molar refractivity (Wildman–Crippen MR) is 59.6 cm³/mol. The van der Waals surface area contributed by atoms with Gasteiger partial charge in [0, 0.05) is 10.6 Å². The maximum Gasteiger partial charge on any atom is 0.338 e. The molecule has 0 radical (unpaired) electrons. The monoisotopic (exact) mass is 303 g/mol. The van der Waals surface area contributed by atoms with Crippen molar-refractivity contribution in [1.29, 1.82) is 0 Å². The second kappa shape index (κ2) is 5.46. The van der Waals surface area contributed by atoms with Crippen LogP contribution in [0.2, 0.25) is 0 Å². The average Bonchev–Trinajstić information content (AvgIpc) is 2.20. The van der Waals surface area contributed by atoms with E-state index in [-0.39, 0.29) is 5.97 Å². The van der Waals surface area contributed by atoms with Gasteiger partial charge in [-0.3, -0.25) is 0 Å². The van der Waals surface area contributed by atoms with Gasteiger partial charge in [-0.2, -0.15) is 0 Å². The predicted octanol–water partition coefficient (Wildman–Crippen LogP) is 3.18. The van der Waals surface area contributed by atoms with E-state index in [9.17, 15) is 4.79 Å². The fraction of sp³-hybridized carbons (Fsp3) is 0.125. The number of nitrogens with zero attached hydrogens (tertiary/aromatic N) is 3. The van der Waals surface area contributed by atoms with Crippen LogP contribution in [0, 0.1) is 0 Å². The molecule has 14 heavy (non-hydrogen) atoms. The van der Waals surface area contributed by atoms with Gasteiger partial charge in [-0.1, -0.05) is 17.2 Å². The van der Waals surface area contributed by atoms with Crippen LogP contribution >= 0.6 is 22.6 Å². The number of ether oxygens (including phenoxy) is 1. The lowest BCUT2D eigenvalue weighted by molar-refractivity contribution is 0.0590. The van der Waals surface area contributed by atoms with E-state index < -0.39 is 0 Å². The van der Waals surface area contributed by atoms with Crippen LogP contribution in [-0.4, -0.2) is 10.6 Å². The fourth-order valence-electron chi connectivity index (χ4n) is 0.849. The van der Waals surface area contributed by atoms with Crippen LogP contribution in [0.5, 0.6) is 0 Å². The normalized spacial score (nSPS) is 8.93. The molecule has 1 aromatic rings. The summed E-state index contributed by atoms with van der Waals surface area (Å²) in [7, 11) is 0. The Hall–Kier alpha value is -1.27. The summed E-state index contributed by atoms with van der Waals surface area (Å²) in [5, 5.41) is 3.38. The quantitative estimate of drug-likeness (QED) is 0.215. The van der Waals surface area contributed by atoms with Crippen LogP contribution in [0.3, 0.4) is 0 Å². The molecule has 0 atom stereocenters. The average molecular weight is 303 g/mol. The van der Waals surface area contributed by atoms with Crippen LogP contribution in [-0.2, 0) is 4.74 Å². The summed E-state index contributed by atoms with van der Waals surface area (Å²) in [6.45, 7) is 0. The molecule has 0 spiro atoms. The number of carbonyl (C=O) groups is 1. The molecule has 6 heteroatoms. The molecular formula is C8H6IN3O2. The van der Waals surface area contributed by atoms with Crippen molar-refractivity contribution in [1.82, 2.24) is 0 Å². The van der Waals surface area contributed by atoms with Gasteiger partial charge >= 0.3 is 5.97 Å². The molecule has 0 saturated heterocycles. The molecule has 0 aliphatic carbocycles. The first-order valence-corrected chi connectivity index (χ1v) is 5.18. The van der Waals surface area contributed by atoms with E-state index in [0.29, 0.717) is 15.9 Å². The molecule has 0 amide bonds. The largest absolute Gasteiger partial charge is 0.451 e. The zero-order chi connectivity index (χ0) is 10.4. The van der Waals surface area contributed by atoms with Crippen molar-refractivity contribution in [3.05, 3.63) is 40.3 Å². The third kappa shape index (κ3) is 2.90. The van der Waals surface area contributed by atoms with Crippen molar-refractivity contribution in [3.63, 3.8) is 0 Å². The Morgan fingerprint density at radius 1 is 1.50 bits per heavy atom. The first-order valence-electron chi connectivity index (χ1n) is 3.66. The third-order valence-electron chi connectivity index (χ3n) is 1.45. The molecule has 0 fully saturated rings. The van der Waals surface area contributed by atoms with Crippen molar-refractivity contribution in [3.8, 4) is 0 Å². The highest BCUT2D eigenvalue weighted by atomic mass is 127. The zero-order valence-corrected chi connectivity index (χ0v) is 9.21. The van der Waals surface area contributed by atoms with Crippen molar-refractivity contribution >= 4 is 34.2 Å². The van der Waals surface area contributed by atoms with Crippen LogP contribution in [0.25, 0.3) is 10.4 Å². The van der Waals surface area contributed by atoms with E-state index >= 15 is 0 Å². The zero-order valence-electron chi connectivity index (χ0n) is 7.05.